The van der Waals surface area contributed by atoms with Crippen LogP contribution in [0.5, 0.6) is 5.75 Å². The van der Waals surface area contributed by atoms with E-state index in [-0.39, 0.29) is 30.9 Å². The predicted octanol–water partition coefficient (Wildman–Crippen LogP) is 5.66. The van der Waals surface area contributed by atoms with Gasteiger partial charge in [0.1, 0.15) is 28.5 Å². The summed E-state index contributed by atoms with van der Waals surface area (Å²) in [6, 6.07) is 5.68. The first-order valence-corrected chi connectivity index (χ1v) is 10.3. The third kappa shape index (κ3) is 5.09. The quantitative estimate of drug-likeness (QED) is 0.193. The van der Waals surface area contributed by atoms with Crippen molar-refractivity contribution in [2.75, 3.05) is 13.2 Å². The van der Waals surface area contributed by atoms with Crippen LogP contribution in [0.3, 0.4) is 0 Å². The van der Waals surface area contributed by atoms with Gasteiger partial charge in [0.15, 0.2) is 0 Å². The molecule has 2 fully saturated rings. The molecule has 2 bridgehead atoms. The second-order valence-corrected chi connectivity index (χ2v) is 8.04. The number of alkyl halides is 5. The van der Waals surface area contributed by atoms with Gasteiger partial charge in [0, 0.05) is 17.7 Å². The molecule has 0 N–H and O–H groups in total. The minimum Gasteiger partial charge on any atom is -0.423 e. The van der Waals surface area contributed by atoms with Crippen molar-refractivity contribution in [2.45, 2.75) is 36.9 Å². The van der Waals surface area contributed by atoms with E-state index in [1.807, 2.05) is 0 Å². The molecule has 0 unspecified atom stereocenters. The molecule has 13 heteroatoms. The fourth-order valence-corrected chi connectivity index (χ4v) is 3.78. The molecule has 2 aliphatic rings. The van der Waals surface area contributed by atoms with Crippen LogP contribution in [0.25, 0.3) is 0 Å². The molecule has 0 spiro atoms. The Morgan fingerprint density at radius 3 is 2.14 bits per heavy atom. The van der Waals surface area contributed by atoms with Gasteiger partial charge in [-0.15, -0.1) is 19.8 Å². The van der Waals surface area contributed by atoms with Crippen LogP contribution in [0.15, 0.2) is 49.1 Å². The number of fused-ring (bicyclic) bond motifs is 2. The summed E-state index contributed by atoms with van der Waals surface area (Å²) in [5.41, 5.74) is -2.61. The number of carbonyl (C=O) groups is 1. The average Bonchev–Trinajstić information content (AvgIpc) is 3.33. The summed E-state index contributed by atoms with van der Waals surface area (Å²) in [6.07, 6.45) is -8.18. The Labute approximate surface area is 199 Å². The number of allylic oxidation sites excluding steroid dienone is 1. The maximum absolute atomic E-state index is 14.0. The van der Waals surface area contributed by atoms with Gasteiger partial charge in [-0.1, -0.05) is 18.2 Å². The van der Waals surface area contributed by atoms with Crippen LogP contribution in [0, 0.1) is 11.6 Å². The third-order valence-corrected chi connectivity index (χ3v) is 5.44. The minimum atomic E-state index is -5.87. The van der Waals surface area contributed by atoms with Gasteiger partial charge >= 0.3 is 24.4 Å². The molecule has 2 aliphatic heterocycles. The Morgan fingerprint density at radius 1 is 1.03 bits per heavy atom. The first kappa shape index (κ1) is 26.1. The zero-order chi connectivity index (χ0) is 26.4. The monoisotopic (exact) mass is 522 g/mol. The smallest absolute Gasteiger partial charge is 0.423 e. The lowest BCUT2D eigenvalue weighted by molar-refractivity contribution is -0.432. The molecule has 2 aromatic rings. The van der Waals surface area contributed by atoms with Crippen LogP contribution in [0.4, 0.5) is 30.7 Å². The van der Waals surface area contributed by atoms with E-state index in [4.69, 9.17) is 18.9 Å². The van der Waals surface area contributed by atoms with E-state index in [1.165, 1.54) is 24.3 Å². The standard InChI is InChI=1S/C23H17F7O6/c1-2-3-8-20-11-32-22(35-20,33-12-20)14-6-4-13(5-7-14)19(31)34-15-9-16(24)18(17(25)10-15)21(26,27)36-23(28,29)30/h2,4-7,9-10H,1,3,8,11-12H2. The fourth-order valence-electron chi connectivity index (χ4n) is 3.78. The van der Waals surface area contributed by atoms with Gasteiger partial charge in [0.05, 0.1) is 18.8 Å². The summed E-state index contributed by atoms with van der Waals surface area (Å²) in [4.78, 5) is 12.4. The van der Waals surface area contributed by atoms with E-state index in [0.717, 1.165) is 0 Å². The largest absolute Gasteiger partial charge is 0.527 e. The molecular weight excluding hydrogens is 505 g/mol. The fraction of sp³-hybridized carbons (Fsp3) is 0.348. The molecule has 0 atom stereocenters. The number of halogens is 7. The lowest BCUT2D eigenvalue weighted by atomic mass is 10.0. The average molecular weight is 522 g/mol. The summed E-state index contributed by atoms with van der Waals surface area (Å²) in [5, 5.41) is 0. The number of rotatable bonds is 8. The molecule has 2 heterocycles. The van der Waals surface area contributed by atoms with Crippen LogP contribution in [-0.2, 0) is 31.0 Å². The Bertz CT molecular complexity index is 1130. The van der Waals surface area contributed by atoms with Gasteiger partial charge in [-0.05, 0) is 25.0 Å². The van der Waals surface area contributed by atoms with E-state index in [9.17, 15) is 35.5 Å². The van der Waals surface area contributed by atoms with Crippen molar-refractivity contribution in [2.24, 2.45) is 0 Å². The molecule has 2 saturated heterocycles. The van der Waals surface area contributed by atoms with Crippen molar-refractivity contribution in [1.29, 1.82) is 0 Å². The Balaban J connectivity index is 1.47. The van der Waals surface area contributed by atoms with E-state index in [0.29, 0.717) is 18.4 Å². The summed E-state index contributed by atoms with van der Waals surface area (Å²) in [5.74, 6) is -7.69. The van der Waals surface area contributed by atoms with E-state index >= 15 is 0 Å². The van der Waals surface area contributed by atoms with E-state index in [1.54, 1.807) is 6.08 Å². The summed E-state index contributed by atoms with van der Waals surface area (Å²) >= 11 is 0. The van der Waals surface area contributed by atoms with Gasteiger partial charge in [-0.2, -0.15) is 8.78 Å². The highest BCUT2D eigenvalue weighted by Crippen LogP contribution is 2.48. The number of hydrogen-bond acceptors (Lipinski definition) is 6. The maximum Gasteiger partial charge on any atom is 0.527 e. The zero-order valence-corrected chi connectivity index (χ0v) is 18.2. The molecule has 0 aliphatic carbocycles. The molecule has 36 heavy (non-hydrogen) atoms. The van der Waals surface area contributed by atoms with Gasteiger partial charge < -0.3 is 18.9 Å². The lowest BCUT2D eigenvalue weighted by Crippen LogP contribution is -2.35. The topological polar surface area (TPSA) is 63.2 Å². The van der Waals surface area contributed by atoms with E-state index < -0.39 is 53.0 Å². The first-order valence-electron chi connectivity index (χ1n) is 10.3. The summed E-state index contributed by atoms with van der Waals surface area (Å²) < 4.78 is 116. The van der Waals surface area contributed by atoms with Crippen molar-refractivity contribution < 1.29 is 59.2 Å². The third-order valence-electron chi connectivity index (χ3n) is 5.44. The first-order chi connectivity index (χ1) is 16.8. The van der Waals surface area contributed by atoms with Crippen LogP contribution in [0.2, 0.25) is 0 Å². The number of ether oxygens (including phenoxy) is 5. The van der Waals surface area contributed by atoms with Gasteiger partial charge in [-0.25, -0.2) is 18.3 Å². The van der Waals surface area contributed by atoms with E-state index in [2.05, 4.69) is 11.3 Å². The molecule has 6 nitrogen and oxygen atoms in total. The van der Waals surface area contributed by atoms with Crippen LogP contribution < -0.4 is 4.74 Å². The normalized spacial score (nSPS) is 23.6. The summed E-state index contributed by atoms with van der Waals surface area (Å²) in [7, 11) is 0. The maximum atomic E-state index is 14.0. The second-order valence-electron chi connectivity index (χ2n) is 8.04. The number of carbonyl (C=O) groups excluding carboxylic acids is 1. The Kier molecular flexibility index (Phi) is 6.62. The van der Waals surface area contributed by atoms with Crippen LogP contribution in [-0.4, -0.2) is 31.1 Å². The molecule has 0 radical (unpaired) electrons. The molecule has 0 amide bonds. The number of benzene rings is 2. The van der Waals surface area contributed by atoms with Crippen molar-refractivity contribution in [3.8, 4) is 5.75 Å². The molecule has 2 aromatic carbocycles. The SMILES string of the molecule is C=CCCC12COC(c3ccc(C(=O)Oc4cc(F)c(C(F)(F)OC(F)(F)F)c(F)c4)cc3)(OC1)O2. The summed E-state index contributed by atoms with van der Waals surface area (Å²) in [6.45, 7) is 4.23. The van der Waals surface area contributed by atoms with Crippen molar-refractivity contribution in [1.82, 2.24) is 0 Å². The zero-order valence-electron chi connectivity index (χ0n) is 18.2. The minimum absolute atomic E-state index is 0.111. The Morgan fingerprint density at radius 2 is 1.61 bits per heavy atom. The van der Waals surface area contributed by atoms with Crippen molar-refractivity contribution >= 4 is 5.97 Å². The molecule has 194 valence electrons. The Hall–Kier alpha value is -3.00. The second kappa shape index (κ2) is 9.14. The lowest BCUT2D eigenvalue weighted by Gasteiger charge is -2.24. The van der Waals surface area contributed by atoms with Gasteiger partial charge in [-0.3, -0.25) is 0 Å². The predicted molar refractivity (Wildman–Crippen MR) is 106 cm³/mol. The number of esters is 1. The molecule has 0 aromatic heterocycles. The molecule has 0 saturated carbocycles. The highest BCUT2D eigenvalue weighted by atomic mass is 19.4. The van der Waals surface area contributed by atoms with Crippen molar-refractivity contribution in [3.05, 3.63) is 77.4 Å². The van der Waals surface area contributed by atoms with Crippen molar-refractivity contribution in [3.63, 3.8) is 0 Å². The van der Waals surface area contributed by atoms with Gasteiger partial charge in [0.25, 0.3) is 0 Å². The highest BCUT2D eigenvalue weighted by molar-refractivity contribution is 5.91. The molecule has 4 rings (SSSR count). The molecular formula is C23H17F7O6. The van der Waals surface area contributed by atoms with Gasteiger partial charge in [0.2, 0.25) is 0 Å². The highest BCUT2D eigenvalue weighted by Gasteiger charge is 2.59. The van der Waals surface area contributed by atoms with Crippen LogP contribution >= 0.6 is 0 Å². The number of hydrogen-bond donors (Lipinski definition) is 0. The van der Waals surface area contributed by atoms with Crippen LogP contribution in [0.1, 0.15) is 34.3 Å².